The first-order valence-corrected chi connectivity index (χ1v) is 7.53. The van der Waals surface area contributed by atoms with Gasteiger partial charge in [-0.15, -0.1) is 0 Å². The third-order valence-electron chi connectivity index (χ3n) is 3.30. The van der Waals surface area contributed by atoms with E-state index in [1.54, 1.807) is 6.92 Å². The van der Waals surface area contributed by atoms with Crippen LogP contribution in [0.3, 0.4) is 0 Å². The second-order valence-corrected chi connectivity index (χ2v) is 5.07. The van der Waals surface area contributed by atoms with Gasteiger partial charge in [0, 0.05) is 11.8 Å². The molecule has 0 aliphatic rings. The summed E-state index contributed by atoms with van der Waals surface area (Å²) in [6, 6.07) is 3.13. The summed E-state index contributed by atoms with van der Waals surface area (Å²) in [6.45, 7) is 0.378. The van der Waals surface area contributed by atoms with Gasteiger partial charge in [-0.2, -0.15) is 13.9 Å². The van der Waals surface area contributed by atoms with Crippen LogP contribution in [0.5, 0.6) is 11.5 Å². The fraction of sp³-hybridized carbons (Fsp3) is 0.333. The Labute approximate surface area is 146 Å². The van der Waals surface area contributed by atoms with E-state index < -0.39 is 23.5 Å². The number of nitro groups is 1. The zero-order valence-corrected chi connectivity index (χ0v) is 13.9. The summed E-state index contributed by atoms with van der Waals surface area (Å²) in [5.41, 5.74) is 0.0466. The highest BCUT2D eigenvalue weighted by molar-refractivity contribution is 5.93. The smallest absolute Gasteiger partial charge is 0.387 e. The number of amides is 1. The van der Waals surface area contributed by atoms with E-state index in [0.29, 0.717) is 0 Å². The molecule has 1 unspecified atom stereocenters. The van der Waals surface area contributed by atoms with Gasteiger partial charge < -0.3 is 14.8 Å². The molecule has 0 bridgehead atoms. The number of alkyl halides is 2. The zero-order valence-electron chi connectivity index (χ0n) is 13.9. The molecule has 0 aliphatic heterocycles. The number of nitrogens with zero attached hydrogens (tertiary/aromatic N) is 3. The highest BCUT2D eigenvalue weighted by Crippen LogP contribution is 2.32. The van der Waals surface area contributed by atoms with Crippen LogP contribution >= 0.6 is 0 Å². The largest absolute Gasteiger partial charge is 0.490 e. The molecule has 9 nitrogen and oxygen atoms in total. The lowest BCUT2D eigenvalue weighted by Crippen LogP contribution is -2.24. The van der Waals surface area contributed by atoms with E-state index in [2.05, 4.69) is 15.2 Å². The van der Waals surface area contributed by atoms with Gasteiger partial charge in [-0.05, 0) is 26.0 Å². The Hall–Kier alpha value is -3.24. The number of anilines is 1. The Balaban J connectivity index is 2.14. The minimum absolute atomic E-state index is 0.0491. The normalized spacial score (nSPS) is 11.9. The summed E-state index contributed by atoms with van der Waals surface area (Å²) in [5, 5.41) is 17.0. The molecule has 2 aromatic rings. The van der Waals surface area contributed by atoms with Gasteiger partial charge in [0.1, 0.15) is 18.4 Å². The van der Waals surface area contributed by atoms with E-state index in [1.807, 2.05) is 0 Å². The Morgan fingerprint density at radius 3 is 2.73 bits per heavy atom. The molecular weight excluding hydrogens is 354 g/mol. The highest BCUT2D eigenvalue weighted by atomic mass is 19.3. The molecule has 1 aromatic carbocycles. The summed E-state index contributed by atoms with van der Waals surface area (Å²) in [5.74, 6) is -0.614. The van der Waals surface area contributed by atoms with Crippen LogP contribution in [0.2, 0.25) is 0 Å². The molecule has 140 valence electrons. The number of nitrogens with one attached hydrogen (secondary N) is 1. The average Bonchev–Trinajstić information content (AvgIpc) is 3.06. The molecule has 0 saturated carbocycles. The number of aromatic nitrogens is 2. The lowest BCUT2D eigenvalue weighted by atomic mass is 10.2. The fourth-order valence-electron chi connectivity index (χ4n) is 2.05. The highest BCUT2D eigenvalue weighted by Gasteiger charge is 2.20. The first kappa shape index (κ1) is 19.1. The van der Waals surface area contributed by atoms with E-state index in [4.69, 9.17) is 4.74 Å². The van der Waals surface area contributed by atoms with Crippen molar-refractivity contribution in [2.45, 2.75) is 26.5 Å². The molecule has 1 heterocycles. The topological polar surface area (TPSA) is 109 Å². The van der Waals surface area contributed by atoms with Gasteiger partial charge in [-0.3, -0.25) is 19.6 Å². The lowest BCUT2D eigenvalue weighted by molar-refractivity contribution is -0.385. The molecule has 1 N–H and O–H groups in total. The first-order valence-electron chi connectivity index (χ1n) is 7.53. The Bertz CT molecular complexity index is 796. The van der Waals surface area contributed by atoms with Crippen LogP contribution in [0.4, 0.5) is 20.2 Å². The quantitative estimate of drug-likeness (QED) is 0.565. The third kappa shape index (κ3) is 4.65. The number of ether oxygens (including phenoxy) is 2. The Kier molecular flexibility index (Phi) is 6.04. The summed E-state index contributed by atoms with van der Waals surface area (Å²) in [4.78, 5) is 22.3. The number of halogens is 2. The Morgan fingerprint density at radius 1 is 1.42 bits per heavy atom. The maximum Gasteiger partial charge on any atom is 0.387 e. The number of hydrogen-bond donors (Lipinski definition) is 1. The van der Waals surface area contributed by atoms with E-state index in [0.717, 1.165) is 17.1 Å². The van der Waals surface area contributed by atoms with Crippen molar-refractivity contribution < 1.29 is 28.0 Å². The molecule has 0 radical (unpaired) electrons. The molecule has 1 amide bonds. The van der Waals surface area contributed by atoms with Crippen LogP contribution in [0, 0.1) is 10.1 Å². The second kappa shape index (κ2) is 8.23. The molecule has 0 spiro atoms. The van der Waals surface area contributed by atoms with E-state index in [1.165, 1.54) is 25.1 Å². The molecule has 0 saturated heterocycles. The van der Waals surface area contributed by atoms with Crippen LogP contribution in [0.1, 0.15) is 19.9 Å². The Morgan fingerprint density at radius 2 is 2.15 bits per heavy atom. The number of carbonyl (C=O) groups excluding carboxylic acids is 1. The van der Waals surface area contributed by atoms with E-state index in [-0.39, 0.29) is 29.5 Å². The van der Waals surface area contributed by atoms with Crippen LogP contribution in [-0.2, 0) is 4.79 Å². The van der Waals surface area contributed by atoms with Crippen molar-refractivity contribution in [1.82, 2.24) is 9.78 Å². The summed E-state index contributed by atoms with van der Waals surface area (Å²) < 4.78 is 35.5. The van der Waals surface area contributed by atoms with Gasteiger partial charge in [0.05, 0.1) is 11.5 Å². The van der Waals surface area contributed by atoms with E-state index >= 15 is 0 Å². The van der Waals surface area contributed by atoms with Crippen LogP contribution in [0.25, 0.3) is 0 Å². The molecule has 0 fully saturated rings. The van der Waals surface area contributed by atoms with Crippen molar-refractivity contribution >= 4 is 17.3 Å². The molecule has 1 aromatic heterocycles. The minimum Gasteiger partial charge on any atom is -0.490 e. The number of benzene rings is 1. The monoisotopic (exact) mass is 370 g/mol. The molecule has 11 heteroatoms. The van der Waals surface area contributed by atoms with E-state index in [9.17, 15) is 23.7 Å². The van der Waals surface area contributed by atoms with Crippen molar-refractivity contribution in [3.8, 4) is 11.5 Å². The van der Waals surface area contributed by atoms with Crippen molar-refractivity contribution in [3.05, 3.63) is 40.7 Å². The van der Waals surface area contributed by atoms with Crippen molar-refractivity contribution in [1.29, 1.82) is 0 Å². The summed E-state index contributed by atoms with van der Waals surface area (Å²) in [6.07, 6.45) is 2.17. The molecular formula is C15H16F2N4O5. The lowest BCUT2D eigenvalue weighted by Gasteiger charge is -2.15. The first-order chi connectivity index (χ1) is 12.3. The standard InChI is InChI=1S/C15H16F2N4O5/c1-3-25-13-6-10(4-5-12(13)26-15(16)17)19-14(22)9(2)20-8-11(7-18-20)21(23)24/h4-9,15H,3H2,1-2H3,(H,19,22). The van der Waals surface area contributed by atoms with Crippen LogP contribution in [0.15, 0.2) is 30.6 Å². The van der Waals surface area contributed by atoms with Gasteiger partial charge in [0.25, 0.3) is 0 Å². The maximum absolute atomic E-state index is 12.4. The second-order valence-electron chi connectivity index (χ2n) is 5.07. The predicted octanol–water partition coefficient (Wildman–Crippen LogP) is 2.99. The molecule has 0 aliphatic carbocycles. The predicted molar refractivity (Wildman–Crippen MR) is 86.5 cm³/mol. The van der Waals surface area contributed by atoms with Gasteiger partial charge in [0.15, 0.2) is 11.5 Å². The van der Waals surface area contributed by atoms with Crippen LogP contribution in [-0.4, -0.2) is 33.8 Å². The van der Waals surface area contributed by atoms with Gasteiger partial charge in [-0.1, -0.05) is 0 Å². The van der Waals surface area contributed by atoms with Crippen molar-refractivity contribution in [2.75, 3.05) is 11.9 Å². The van der Waals surface area contributed by atoms with Crippen molar-refractivity contribution in [2.24, 2.45) is 0 Å². The minimum atomic E-state index is -3.01. The fourth-order valence-corrected chi connectivity index (χ4v) is 2.05. The third-order valence-corrected chi connectivity index (χ3v) is 3.30. The molecule has 26 heavy (non-hydrogen) atoms. The SMILES string of the molecule is CCOc1cc(NC(=O)C(C)n2cc([N+](=O)[O-])cn2)ccc1OC(F)F. The maximum atomic E-state index is 12.4. The van der Waals surface area contributed by atoms with Gasteiger partial charge in [0.2, 0.25) is 5.91 Å². The number of rotatable bonds is 8. The summed E-state index contributed by atoms with van der Waals surface area (Å²) in [7, 11) is 0. The van der Waals surface area contributed by atoms with Gasteiger partial charge >= 0.3 is 12.3 Å². The average molecular weight is 370 g/mol. The zero-order chi connectivity index (χ0) is 19.3. The number of hydrogen-bond acceptors (Lipinski definition) is 6. The molecule has 1 atom stereocenters. The van der Waals surface area contributed by atoms with Gasteiger partial charge in [-0.25, -0.2) is 0 Å². The molecule has 2 rings (SSSR count). The number of carbonyl (C=O) groups is 1. The van der Waals surface area contributed by atoms with Crippen molar-refractivity contribution in [3.63, 3.8) is 0 Å². The summed E-state index contributed by atoms with van der Waals surface area (Å²) >= 11 is 0. The van der Waals surface area contributed by atoms with Crippen LogP contribution < -0.4 is 14.8 Å².